The standard InChI is InChI=1S/C36H32N2/c1-5-13-31(14-6-1)37(32-15-7-2-8-16-32)35-25-21-29(22-26-35)30-23-27-36(28-24-30)38(33-17-9-3-10-18-33)34-19-11-4-12-20-34/h1-3,5-11,13-23,25-27H,4,12,24,28H2. The highest BCUT2D eigenvalue weighted by atomic mass is 15.2. The molecule has 0 unspecified atom stereocenters. The molecule has 0 atom stereocenters. The summed E-state index contributed by atoms with van der Waals surface area (Å²) >= 11 is 0. The van der Waals surface area contributed by atoms with E-state index < -0.39 is 0 Å². The van der Waals surface area contributed by atoms with E-state index in [1.807, 2.05) is 0 Å². The van der Waals surface area contributed by atoms with Crippen molar-refractivity contribution in [2.75, 3.05) is 9.80 Å². The summed E-state index contributed by atoms with van der Waals surface area (Å²) < 4.78 is 0. The number of rotatable bonds is 7. The molecule has 0 bridgehead atoms. The van der Waals surface area contributed by atoms with Crippen molar-refractivity contribution in [3.8, 4) is 0 Å². The SMILES string of the molecule is C1=CC(N(C2=CC=C(c3ccc(N(c4ccccc4)c4ccccc4)cc3)CC2)c2ccccc2)=CCC1. The van der Waals surface area contributed by atoms with E-state index in [2.05, 4.69) is 155 Å². The molecule has 38 heavy (non-hydrogen) atoms. The van der Waals surface area contributed by atoms with E-state index in [0.29, 0.717) is 0 Å². The van der Waals surface area contributed by atoms with Gasteiger partial charge in [0, 0.05) is 34.1 Å². The zero-order valence-electron chi connectivity index (χ0n) is 21.6. The molecule has 0 fully saturated rings. The summed E-state index contributed by atoms with van der Waals surface area (Å²) in [7, 11) is 0. The summed E-state index contributed by atoms with van der Waals surface area (Å²) in [6.07, 6.45) is 15.8. The number of hydrogen-bond donors (Lipinski definition) is 0. The fourth-order valence-corrected chi connectivity index (χ4v) is 5.30. The Kier molecular flexibility index (Phi) is 7.04. The van der Waals surface area contributed by atoms with Crippen molar-refractivity contribution in [1.82, 2.24) is 0 Å². The summed E-state index contributed by atoms with van der Waals surface area (Å²) in [4.78, 5) is 4.73. The summed E-state index contributed by atoms with van der Waals surface area (Å²) in [5.41, 5.74) is 9.97. The van der Waals surface area contributed by atoms with Crippen molar-refractivity contribution in [2.45, 2.75) is 25.7 Å². The van der Waals surface area contributed by atoms with Crippen LogP contribution >= 0.6 is 0 Å². The van der Waals surface area contributed by atoms with Crippen LogP contribution in [0.3, 0.4) is 0 Å². The van der Waals surface area contributed by atoms with Gasteiger partial charge in [0.1, 0.15) is 0 Å². The first-order valence-electron chi connectivity index (χ1n) is 13.5. The summed E-state index contributed by atoms with van der Waals surface area (Å²) in [5, 5.41) is 0. The van der Waals surface area contributed by atoms with Gasteiger partial charge in [-0.25, -0.2) is 0 Å². The third-order valence-corrected chi connectivity index (χ3v) is 7.19. The second kappa shape index (κ2) is 11.2. The maximum Gasteiger partial charge on any atom is 0.0462 e. The Morgan fingerprint density at radius 1 is 0.474 bits per heavy atom. The van der Waals surface area contributed by atoms with Gasteiger partial charge in [0.2, 0.25) is 0 Å². The first-order chi connectivity index (χ1) is 18.9. The van der Waals surface area contributed by atoms with Crippen LogP contribution in [0.15, 0.2) is 157 Å². The molecular weight excluding hydrogens is 460 g/mol. The smallest absolute Gasteiger partial charge is 0.0462 e. The number of para-hydroxylation sites is 3. The van der Waals surface area contributed by atoms with Gasteiger partial charge in [-0.05, 0) is 97.5 Å². The quantitative estimate of drug-likeness (QED) is 0.253. The minimum absolute atomic E-state index is 1.01. The highest BCUT2D eigenvalue weighted by Gasteiger charge is 2.19. The van der Waals surface area contributed by atoms with E-state index in [0.717, 1.165) is 42.7 Å². The Hall–Kier alpha value is -4.56. The number of benzene rings is 4. The van der Waals surface area contributed by atoms with E-state index in [1.54, 1.807) is 0 Å². The van der Waals surface area contributed by atoms with Crippen LogP contribution in [0.4, 0.5) is 22.7 Å². The third-order valence-electron chi connectivity index (χ3n) is 7.19. The zero-order valence-corrected chi connectivity index (χ0v) is 21.6. The highest BCUT2D eigenvalue weighted by Crippen LogP contribution is 2.37. The van der Waals surface area contributed by atoms with Crippen LogP contribution in [0, 0.1) is 0 Å². The molecule has 2 aliphatic carbocycles. The molecule has 0 saturated carbocycles. The Morgan fingerprint density at radius 3 is 1.53 bits per heavy atom. The van der Waals surface area contributed by atoms with Crippen molar-refractivity contribution in [1.29, 1.82) is 0 Å². The lowest BCUT2D eigenvalue weighted by molar-refractivity contribution is 0.896. The lowest BCUT2D eigenvalue weighted by atomic mass is 9.94. The monoisotopic (exact) mass is 492 g/mol. The van der Waals surface area contributed by atoms with Crippen LogP contribution < -0.4 is 9.80 Å². The zero-order chi connectivity index (χ0) is 25.6. The first-order valence-corrected chi connectivity index (χ1v) is 13.5. The summed E-state index contributed by atoms with van der Waals surface area (Å²) in [6.45, 7) is 0. The number of hydrogen-bond acceptors (Lipinski definition) is 2. The Balaban J connectivity index is 1.29. The Labute approximate surface area is 226 Å². The molecule has 4 aromatic rings. The van der Waals surface area contributed by atoms with Crippen LogP contribution in [-0.4, -0.2) is 0 Å². The lowest BCUT2D eigenvalue weighted by Crippen LogP contribution is -2.22. The van der Waals surface area contributed by atoms with Gasteiger partial charge in [-0.3, -0.25) is 0 Å². The number of nitrogens with zero attached hydrogens (tertiary/aromatic N) is 2. The largest absolute Gasteiger partial charge is 0.315 e. The van der Waals surface area contributed by atoms with Gasteiger partial charge in [-0.2, -0.15) is 0 Å². The van der Waals surface area contributed by atoms with Gasteiger partial charge in [0.25, 0.3) is 0 Å². The lowest BCUT2D eigenvalue weighted by Gasteiger charge is -2.31. The van der Waals surface area contributed by atoms with Gasteiger partial charge in [0.05, 0.1) is 0 Å². The third kappa shape index (κ3) is 5.12. The molecule has 0 heterocycles. The van der Waals surface area contributed by atoms with Gasteiger partial charge in [-0.1, -0.05) is 85.0 Å². The minimum atomic E-state index is 1.01. The fraction of sp³-hybridized carbons (Fsp3) is 0.111. The maximum absolute atomic E-state index is 2.42. The van der Waals surface area contributed by atoms with E-state index in [4.69, 9.17) is 0 Å². The van der Waals surface area contributed by atoms with Crippen molar-refractivity contribution in [3.05, 3.63) is 163 Å². The Bertz CT molecular complexity index is 1440. The molecule has 0 aliphatic heterocycles. The molecule has 2 nitrogen and oxygen atoms in total. The molecule has 0 aromatic heterocycles. The van der Waals surface area contributed by atoms with Gasteiger partial charge in [-0.15, -0.1) is 0 Å². The average Bonchev–Trinajstić information content (AvgIpc) is 3.00. The molecule has 0 N–H and O–H groups in total. The first kappa shape index (κ1) is 23.8. The molecule has 4 aromatic carbocycles. The van der Waals surface area contributed by atoms with E-state index in [1.165, 1.54) is 28.2 Å². The molecule has 2 heteroatoms. The average molecular weight is 493 g/mol. The highest BCUT2D eigenvalue weighted by molar-refractivity contribution is 5.78. The van der Waals surface area contributed by atoms with Gasteiger partial charge < -0.3 is 9.80 Å². The van der Waals surface area contributed by atoms with Crippen molar-refractivity contribution in [3.63, 3.8) is 0 Å². The molecule has 0 radical (unpaired) electrons. The minimum Gasteiger partial charge on any atom is -0.315 e. The predicted octanol–water partition coefficient (Wildman–Crippen LogP) is 9.96. The molecular formula is C36H32N2. The molecule has 0 saturated heterocycles. The van der Waals surface area contributed by atoms with Crippen LogP contribution in [0.25, 0.3) is 5.57 Å². The van der Waals surface area contributed by atoms with Gasteiger partial charge >= 0.3 is 0 Å². The maximum atomic E-state index is 2.42. The van der Waals surface area contributed by atoms with Crippen molar-refractivity contribution >= 4 is 28.3 Å². The van der Waals surface area contributed by atoms with E-state index in [-0.39, 0.29) is 0 Å². The molecule has 0 spiro atoms. The van der Waals surface area contributed by atoms with Crippen molar-refractivity contribution in [2.24, 2.45) is 0 Å². The van der Waals surface area contributed by atoms with Crippen molar-refractivity contribution < 1.29 is 0 Å². The second-order valence-electron chi connectivity index (χ2n) is 9.68. The fourth-order valence-electron chi connectivity index (χ4n) is 5.30. The second-order valence-corrected chi connectivity index (χ2v) is 9.68. The number of allylic oxidation sites excluding steroid dienone is 7. The summed E-state index contributed by atoms with van der Waals surface area (Å²) in [6, 6.07) is 40.9. The van der Waals surface area contributed by atoms with Crippen LogP contribution in [0.1, 0.15) is 31.2 Å². The van der Waals surface area contributed by atoms with E-state index >= 15 is 0 Å². The van der Waals surface area contributed by atoms with E-state index in [9.17, 15) is 0 Å². The molecule has 0 amide bonds. The predicted molar refractivity (Wildman–Crippen MR) is 162 cm³/mol. The van der Waals surface area contributed by atoms with Crippen LogP contribution in [0.5, 0.6) is 0 Å². The molecule has 2 aliphatic rings. The normalized spacial score (nSPS) is 14.8. The topological polar surface area (TPSA) is 6.48 Å². The summed E-state index contributed by atoms with van der Waals surface area (Å²) in [5.74, 6) is 0. The van der Waals surface area contributed by atoms with Gasteiger partial charge in [0.15, 0.2) is 0 Å². The Morgan fingerprint density at radius 2 is 1.03 bits per heavy atom. The molecule has 186 valence electrons. The number of anilines is 4. The molecule has 6 rings (SSSR count). The van der Waals surface area contributed by atoms with Crippen LogP contribution in [-0.2, 0) is 0 Å². The van der Waals surface area contributed by atoms with Crippen LogP contribution in [0.2, 0.25) is 0 Å².